The van der Waals surface area contributed by atoms with Crippen molar-refractivity contribution in [2.45, 2.75) is 12.5 Å². The molecule has 2 aromatic rings. The van der Waals surface area contributed by atoms with Crippen LogP contribution >= 0.6 is 0 Å². The number of hydrogen-bond acceptors (Lipinski definition) is 4. The monoisotopic (exact) mass is 250 g/mol. The number of nitrogens with one attached hydrogen (secondary N) is 1. The maximum Gasteiger partial charge on any atom is 0.126 e. The molecule has 0 bridgehead atoms. The van der Waals surface area contributed by atoms with E-state index in [0.29, 0.717) is 17.7 Å². The fourth-order valence-corrected chi connectivity index (χ4v) is 1.72. The largest absolute Gasteiger partial charge is 0.271 e. The molecule has 1 aromatic heterocycles. The molecule has 18 heavy (non-hydrogen) atoms. The fraction of sp³-hybridized carbons (Fsp3) is 0.167. The molecule has 1 heterocycles. The van der Waals surface area contributed by atoms with Gasteiger partial charge in [0.2, 0.25) is 0 Å². The van der Waals surface area contributed by atoms with Gasteiger partial charge >= 0.3 is 0 Å². The second kappa shape index (κ2) is 5.61. The Kier molecular flexibility index (Phi) is 3.91. The molecule has 4 nitrogen and oxygen atoms in total. The van der Waals surface area contributed by atoms with Crippen LogP contribution < -0.4 is 11.3 Å². The number of rotatable bonds is 4. The number of halogens is 2. The first-order valence-electron chi connectivity index (χ1n) is 5.36. The zero-order valence-electron chi connectivity index (χ0n) is 9.48. The number of hydrogen-bond donors (Lipinski definition) is 2. The minimum Gasteiger partial charge on any atom is -0.271 e. The van der Waals surface area contributed by atoms with E-state index in [1.54, 1.807) is 12.3 Å². The van der Waals surface area contributed by atoms with Crippen LogP contribution in [0.3, 0.4) is 0 Å². The lowest BCUT2D eigenvalue weighted by Gasteiger charge is -2.15. The molecule has 0 aliphatic heterocycles. The number of nitrogens with two attached hydrogens (primary N) is 1. The molecule has 0 saturated carbocycles. The predicted octanol–water partition coefficient (Wildman–Crippen LogP) is 1.50. The summed E-state index contributed by atoms with van der Waals surface area (Å²) in [6.07, 6.45) is 3.31. The topological polar surface area (TPSA) is 63.8 Å². The van der Waals surface area contributed by atoms with E-state index in [-0.39, 0.29) is 6.04 Å². The Bertz CT molecular complexity index is 498. The van der Waals surface area contributed by atoms with E-state index >= 15 is 0 Å². The third-order valence-corrected chi connectivity index (χ3v) is 2.53. The second-order valence-corrected chi connectivity index (χ2v) is 3.84. The molecule has 1 aromatic carbocycles. The maximum atomic E-state index is 13.1. The Morgan fingerprint density at radius 1 is 1.22 bits per heavy atom. The Labute approximate surface area is 103 Å². The van der Waals surface area contributed by atoms with E-state index in [1.165, 1.54) is 18.5 Å². The van der Waals surface area contributed by atoms with Crippen molar-refractivity contribution in [3.8, 4) is 0 Å². The fourth-order valence-electron chi connectivity index (χ4n) is 1.72. The van der Waals surface area contributed by atoms with Gasteiger partial charge in [-0.2, -0.15) is 0 Å². The smallest absolute Gasteiger partial charge is 0.126 e. The van der Waals surface area contributed by atoms with Crippen LogP contribution in [0.5, 0.6) is 0 Å². The van der Waals surface area contributed by atoms with E-state index in [1.807, 2.05) is 0 Å². The summed E-state index contributed by atoms with van der Waals surface area (Å²) in [5.74, 6) is 4.22. The summed E-state index contributed by atoms with van der Waals surface area (Å²) in [7, 11) is 0. The predicted molar refractivity (Wildman–Crippen MR) is 62.2 cm³/mol. The first-order chi connectivity index (χ1) is 8.69. The summed E-state index contributed by atoms with van der Waals surface area (Å²) < 4.78 is 26.1. The first kappa shape index (κ1) is 12.5. The molecule has 0 fully saturated rings. The van der Waals surface area contributed by atoms with Gasteiger partial charge in [-0.15, -0.1) is 0 Å². The Hall–Kier alpha value is -1.92. The zero-order chi connectivity index (χ0) is 13.0. The minimum absolute atomic E-state index is 0.325. The summed E-state index contributed by atoms with van der Waals surface area (Å²) in [6, 6.07) is 4.75. The molecule has 0 aliphatic rings. The zero-order valence-corrected chi connectivity index (χ0v) is 9.48. The molecule has 0 spiro atoms. The lowest BCUT2D eigenvalue weighted by molar-refractivity contribution is 0.528. The van der Waals surface area contributed by atoms with Gasteiger partial charge in [-0.25, -0.2) is 18.7 Å². The Morgan fingerprint density at radius 2 is 1.94 bits per heavy atom. The average Bonchev–Trinajstić information content (AvgIpc) is 2.36. The lowest BCUT2D eigenvalue weighted by Crippen LogP contribution is -2.30. The van der Waals surface area contributed by atoms with E-state index < -0.39 is 11.6 Å². The van der Waals surface area contributed by atoms with E-state index in [0.717, 1.165) is 6.07 Å². The van der Waals surface area contributed by atoms with E-state index in [9.17, 15) is 8.78 Å². The van der Waals surface area contributed by atoms with Crippen molar-refractivity contribution in [1.82, 2.24) is 15.4 Å². The van der Waals surface area contributed by atoms with Gasteiger partial charge in [0.1, 0.15) is 18.0 Å². The highest BCUT2D eigenvalue weighted by atomic mass is 19.1. The quantitative estimate of drug-likeness (QED) is 0.637. The van der Waals surface area contributed by atoms with Crippen LogP contribution in [-0.2, 0) is 6.42 Å². The Balaban J connectivity index is 2.20. The molecular formula is C12H12F2N4. The molecular weight excluding hydrogens is 238 g/mol. The van der Waals surface area contributed by atoms with Crippen molar-refractivity contribution >= 4 is 0 Å². The van der Waals surface area contributed by atoms with Gasteiger partial charge in [0.05, 0.1) is 11.7 Å². The molecule has 1 atom stereocenters. The van der Waals surface area contributed by atoms with Crippen molar-refractivity contribution in [2.75, 3.05) is 0 Å². The molecule has 0 aliphatic carbocycles. The number of hydrazine groups is 1. The van der Waals surface area contributed by atoms with Crippen molar-refractivity contribution in [3.05, 3.63) is 59.7 Å². The summed E-state index contributed by atoms with van der Waals surface area (Å²) in [6.45, 7) is 0. The van der Waals surface area contributed by atoms with Gasteiger partial charge in [0.25, 0.3) is 0 Å². The van der Waals surface area contributed by atoms with E-state index in [4.69, 9.17) is 5.84 Å². The molecule has 94 valence electrons. The summed E-state index contributed by atoms with van der Waals surface area (Å²) in [5, 5.41) is 0. The van der Waals surface area contributed by atoms with Crippen LogP contribution in [0.2, 0.25) is 0 Å². The van der Waals surface area contributed by atoms with Crippen LogP contribution in [0, 0.1) is 11.6 Å². The maximum absolute atomic E-state index is 13.1. The van der Waals surface area contributed by atoms with Crippen molar-refractivity contribution < 1.29 is 8.78 Å². The van der Waals surface area contributed by atoms with Gasteiger partial charge in [0.15, 0.2) is 0 Å². The highest BCUT2D eigenvalue weighted by Crippen LogP contribution is 2.17. The molecule has 2 rings (SSSR count). The molecule has 0 radical (unpaired) electrons. The van der Waals surface area contributed by atoms with Crippen molar-refractivity contribution in [1.29, 1.82) is 0 Å². The first-order valence-corrected chi connectivity index (χ1v) is 5.36. The SMILES string of the molecule is NNC(Cc1cc(F)cc(F)c1)c1ccncn1. The van der Waals surface area contributed by atoms with Gasteiger partial charge in [-0.1, -0.05) is 0 Å². The summed E-state index contributed by atoms with van der Waals surface area (Å²) >= 11 is 0. The third-order valence-electron chi connectivity index (χ3n) is 2.53. The molecule has 1 unspecified atom stereocenters. The highest BCUT2D eigenvalue weighted by molar-refractivity contribution is 5.21. The van der Waals surface area contributed by atoms with Gasteiger partial charge < -0.3 is 0 Å². The van der Waals surface area contributed by atoms with Crippen LogP contribution in [0.25, 0.3) is 0 Å². The molecule has 6 heteroatoms. The number of nitrogens with zero attached hydrogens (tertiary/aromatic N) is 2. The normalized spacial score (nSPS) is 12.4. The molecule has 0 amide bonds. The lowest BCUT2D eigenvalue weighted by atomic mass is 10.0. The second-order valence-electron chi connectivity index (χ2n) is 3.84. The summed E-state index contributed by atoms with van der Waals surface area (Å²) in [5.41, 5.74) is 3.74. The highest BCUT2D eigenvalue weighted by Gasteiger charge is 2.13. The molecule has 3 N–H and O–H groups in total. The summed E-state index contributed by atoms with van der Waals surface area (Å²) in [4.78, 5) is 7.85. The van der Waals surface area contributed by atoms with Gasteiger partial charge in [-0.3, -0.25) is 11.3 Å². The van der Waals surface area contributed by atoms with Crippen LogP contribution in [0.15, 0.2) is 36.8 Å². The van der Waals surface area contributed by atoms with Crippen LogP contribution in [-0.4, -0.2) is 9.97 Å². The number of aromatic nitrogens is 2. The van der Waals surface area contributed by atoms with Crippen LogP contribution in [0.4, 0.5) is 8.78 Å². The van der Waals surface area contributed by atoms with Crippen molar-refractivity contribution in [3.63, 3.8) is 0 Å². The minimum atomic E-state index is -0.608. The third kappa shape index (κ3) is 3.06. The van der Waals surface area contributed by atoms with Gasteiger partial charge in [-0.05, 0) is 30.2 Å². The van der Waals surface area contributed by atoms with Gasteiger partial charge in [0, 0.05) is 12.3 Å². The van der Waals surface area contributed by atoms with E-state index in [2.05, 4.69) is 15.4 Å². The van der Waals surface area contributed by atoms with Crippen molar-refractivity contribution in [2.24, 2.45) is 5.84 Å². The Morgan fingerprint density at radius 3 is 2.50 bits per heavy atom. The average molecular weight is 250 g/mol. The number of benzene rings is 1. The molecule has 0 saturated heterocycles. The standard InChI is InChI=1S/C12H12F2N4/c13-9-3-8(4-10(14)6-9)5-12(18-15)11-1-2-16-7-17-11/h1-4,6-7,12,18H,5,15H2. The van der Waals surface area contributed by atoms with Crippen LogP contribution in [0.1, 0.15) is 17.3 Å².